The van der Waals surface area contributed by atoms with Gasteiger partial charge in [0.15, 0.2) is 0 Å². The Balaban J connectivity index is 2.11. The SMILES string of the molecule is CCC(C)N(C)CCNCC(O)COc1ccc(Br)cc1. The molecule has 2 unspecified atom stereocenters. The maximum atomic E-state index is 9.88. The molecule has 1 rings (SSSR count). The summed E-state index contributed by atoms with van der Waals surface area (Å²) in [6.45, 7) is 7.12. The molecule has 0 radical (unpaired) electrons. The van der Waals surface area contributed by atoms with Gasteiger partial charge in [-0.15, -0.1) is 0 Å². The van der Waals surface area contributed by atoms with Gasteiger partial charge in [0, 0.05) is 30.1 Å². The Morgan fingerprint density at radius 1 is 1.33 bits per heavy atom. The molecular formula is C16H27BrN2O2. The minimum Gasteiger partial charge on any atom is -0.491 e. The maximum absolute atomic E-state index is 9.88. The van der Waals surface area contributed by atoms with Crippen molar-refractivity contribution in [1.29, 1.82) is 0 Å². The first kappa shape index (κ1) is 18.4. The molecule has 120 valence electrons. The topological polar surface area (TPSA) is 44.7 Å². The van der Waals surface area contributed by atoms with Crippen LogP contribution in [-0.4, -0.2) is 55.4 Å². The first-order chi connectivity index (χ1) is 10.0. The number of aliphatic hydroxyl groups excluding tert-OH is 1. The standard InChI is InChI=1S/C16H27BrN2O2/c1-4-13(2)19(3)10-9-18-11-15(20)12-21-16-7-5-14(17)6-8-16/h5-8,13,15,18,20H,4,9-12H2,1-3H3. The number of likely N-dealkylation sites (N-methyl/N-ethyl adjacent to an activating group) is 1. The molecule has 0 aliphatic heterocycles. The van der Waals surface area contributed by atoms with Crippen LogP contribution in [0.25, 0.3) is 0 Å². The van der Waals surface area contributed by atoms with Gasteiger partial charge in [-0.25, -0.2) is 0 Å². The quantitative estimate of drug-likeness (QED) is 0.630. The van der Waals surface area contributed by atoms with E-state index in [0.717, 1.165) is 29.7 Å². The molecule has 0 aliphatic rings. The zero-order chi connectivity index (χ0) is 15.7. The Bertz CT molecular complexity index is 386. The van der Waals surface area contributed by atoms with Gasteiger partial charge in [0.2, 0.25) is 0 Å². The van der Waals surface area contributed by atoms with Crippen LogP contribution in [0.3, 0.4) is 0 Å². The first-order valence-electron chi connectivity index (χ1n) is 7.50. The molecule has 0 spiro atoms. The highest BCUT2D eigenvalue weighted by Crippen LogP contribution is 2.16. The summed E-state index contributed by atoms with van der Waals surface area (Å²) < 4.78 is 6.55. The minimum absolute atomic E-state index is 0.301. The zero-order valence-corrected chi connectivity index (χ0v) is 14.8. The van der Waals surface area contributed by atoms with E-state index < -0.39 is 6.10 Å². The zero-order valence-electron chi connectivity index (χ0n) is 13.2. The molecule has 0 saturated heterocycles. The molecule has 0 aliphatic carbocycles. The van der Waals surface area contributed by atoms with E-state index in [9.17, 15) is 5.11 Å². The summed E-state index contributed by atoms with van der Waals surface area (Å²) in [5.74, 6) is 0.772. The Labute approximate surface area is 136 Å². The number of nitrogens with zero attached hydrogens (tertiary/aromatic N) is 1. The lowest BCUT2D eigenvalue weighted by atomic mass is 10.2. The van der Waals surface area contributed by atoms with Gasteiger partial charge in [0.1, 0.15) is 18.5 Å². The fourth-order valence-electron chi connectivity index (χ4n) is 1.84. The Hall–Kier alpha value is -0.620. The van der Waals surface area contributed by atoms with E-state index in [1.165, 1.54) is 0 Å². The molecule has 2 N–H and O–H groups in total. The van der Waals surface area contributed by atoms with Crippen molar-refractivity contribution in [2.45, 2.75) is 32.4 Å². The van der Waals surface area contributed by atoms with Gasteiger partial charge < -0.3 is 20.1 Å². The van der Waals surface area contributed by atoms with E-state index in [2.05, 4.69) is 47.0 Å². The maximum Gasteiger partial charge on any atom is 0.119 e. The van der Waals surface area contributed by atoms with Crippen LogP contribution in [0.4, 0.5) is 0 Å². The molecule has 0 bridgehead atoms. The van der Waals surface area contributed by atoms with Crippen molar-refractivity contribution in [3.05, 3.63) is 28.7 Å². The summed E-state index contributed by atoms with van der Waals surface area (Å²) in [7, 11) is 2.13. The van der Waals surface area contributed by atoms with E-state index in [0.29, 0.717) is 19.2 Å². The monoisotopic (exact) mass is 358 g/mol. The molecule has 0 saturated carbocycles. The molecule has 2 atom stereocenters. The normalized spacial score (nSPS) is 14.2. The Morgan fingerprint density at radius 3 is 2.62 bits per heavy atom. The summed E-state index contributed by atoms with van der Waals surface area (Å²) in [6, 6.07) is 8.20. The van der Waals surface area contributed by atoms with Gasteiger partial charge in [-0.1, -0.05) is 22.9 Å². The lowest BCUT2D eigenvalue weighted by Crippen LogP contribution is -2.38. The predicted molar refractivity (Wildman–Crippen MR) is 90.9 cm³/mol. The van der Waals surface area contributed by atoms with E-state index in [1.54, 1.807) is 0 Å². The van der Waals surface area contributed by atoms with Crippen LogP contribution in [0.1, 0.15) is 20.3 Å². The highest BCUT2D eigenvalue weighted by Gasteiger charge is 2.07. The van der Waals surface area contributed by atoms with Gasteiger partial charge in [-0.05, 0) is 44.7 Å². The number of rotatable bonds is 10. The van der Waals surface area contributed by atoms with E-state index in [-0.39, 0.29) is 0 Å². The predicted octanol–water partition coefficient (Wildman–Crippen LogP) is 2.51. The third kappa shape index (κ3) is 7.81. The molecule has 5 heteroatoms. The van der Waals surface area contributed by atoms with E-state index in [1.807, 2.05) is 24.3 Å². The van der Waals surface area contributed by atoms with Crippen molar-refractivity contribution < 1.29 is 9.84 Å². The second kappa shape index (κ2) is 10.2. The molecule has 0 fully saturated rings. The van der Waals surface area contributed by atoms with Crippen molar-refractivity contribution in [3.8, 4) is 5.75 Å². The minimum atomic E-state index is -0.498. The molecule has 0 amide bonds. The molecule has 4 nitrogen and oxygen atoms in total. The summed E-state index contributed by atoms with van der Waals surface area (Å²) in [4.78, 5) is 2.32. The first-order valence-corrected chi connectivity index (χ1v) is 8.29. The van der Waals surface area contributed by atoms with Crippen LogP contribution in [0.5, 0.6) is 5.75 Å². The van der Waals surface area contributed by atoms with Crippen LogP contribution in [0.2, 0.25) is 0 Å². The fraction of sp³-hybridized carbons (Fsp3) is 0.625. The molecule has 0 heterocycles. The van der Waals surface area contributed by atoms with Crippen LogP contribution in [0, 0.1) is 0 Å². The number of hydrogen-bond donors (Lipinski definition) is 2. The van der Waals surface area contributed by atoms with Gasteiger partial charge in [-0.3, -0.25) is 0 Å². The van der Waals surface area contributed by atoms with Crippen LogP contribution in [-0.2, 0) is 0 Å². The van der Waals surface area contributed by atoms with Crippen molar-refractivity contribution >= 4 is 15.9 Å². The smallest absolute Gasteiger partial charge is 0.119 e. The van der Waals surface area contributed by atoms with Crippen LogP contribution < -0.4 is 10.1 Å². The van der Waals surface area contributed by atoms with Crippen LogP contribution in [0.15, 0.2) is 28.7 Å². The molecule has 1 aromatic carbocycles. The molecular weight excluding hydrogens is 332 g/mol. The van der Waals surface area contributed by atoms with Crippen molar-refractivity contribution in [3.63, 3.8) is 0 Å². The number of nitrogens with one attached hydrogen (secondary N) is 1. The number of hydrogen-bond acceptors (Lipinski definition) is 4. The fourth-order valence-corrected chi connectivity index (χ4v) is 2.10. The van der Waals surface area contributed by atoms with Gasteiger partial charge >= 0.3 is 0 Å². The van der Waals surface area contributed by atoms with E-state index in [4.69, 9.17) is 4.74 Å². The third-order valence-electron chi connectivity index (χ3n) is 3.62. The largest absolute Gasteiger partial charge is 0.491 e. The Morgan fingerprint density at radius 2 is 2.00 bits per heavy atom. The number of benzene rings is 1. The highest BCUT2D eigenvalue weighted by molar-refractivity contribution is 9.10. The third-order valence-corrected chi connectivity index (χ3v) is 4.15. The van der Waals surface area contributed by atoms with Crippen molar-refractivity contribution in [1.82, 2.24) is 10.2 Å². The second-order valence-electron chi connectivity index (χ2n) is 5.36. The van der Waals surface area contributed by atoms with Gasteiger partial charge in [0.25, 0.3) is 0 Å². The summed E-state index contributed by atoms with van der Waals surface area (Å²) >= 11 is 3.38. The number of ether oxygens (including phenoxy) is 1. The van der Waals surface area contributed by atoms with Crippen molar-refractivity contribution in [2.24, 2.45) is 0 Å². The highest BCUT2D eigenvalue weighted by atomic mass is 79.9. The number of halogens is 1. The van der Waals surface area contributed by atoms with Crippen LogP contribution >= 0.6 is 15.9 Å². The van der Waals surface area contributed by atoms with Gasteiger partial charge in [0.05, 0.1) is 0 Å². The molecule has 0 aromatic heterocycles. The summed E-state index contributed by atoms with van der Waals surface area (Å²) in [5.41, 5.74) is 0. The summed E-state index contributed by atoms with van der Waals surface area (Å²) in [5, 5.41) is 13.1. The average molecular weight is 359 g/mol. The summed E-state index contributed by atoms with van der Waals surface area (Å²) in [6.07, 6.45) is 0.655. The van der Waals surface area contributed by atoms with E-state index >= 15 is 0 Å². The lowest BCUT2D eigenvalue weighted by Gasteiger charge is -2.23. The van der Waals surface area contributed by atoms with Crippen molar-refractivity contribution in [2.75, 3.05) is 33.3 Å². The number of aliphatic hydroxyl groups is 1. The molecule has 1 aromatic rings. The Kier molecular flexibility index (Phi) is 8.92. The van der Waals surface area contributed by atoms with Gasteiger partial charge in [-0.2, -0.15) is 0 Å². The second-order valence-corrected chi connectivity index (χ2v) is 6.28. The average Bonchev–Trinajstić information content (AvgIpc) is 2.49. The molecule has 21 heavy (non-hydrogen) atoms. The lowest BCUT2D eigenvalue weighted by molar-refractivity contribution is 0.105.